The molecule has 0 saturated carbocycles. The molecule has 0 radical (unpaired) electrons. The van der Waals surface area contributed by atoms with E-state index in [4.69, 9.17) is 9.56 Å². The summed E-state index contributed by atoms with van der Waals surface area (Å²) in [5, 5.41) is 5.96. The first-order valence-electron chi connectivity index (χ1n) is 7.70. The minimum atomic E-state index is -4.00. The average Bonchev–Trinajstić information content (AvgIpc) is 3.04. The van der Waals surface area contributed by atoms with Gasteiger partial charge in [0, 0.05) is 12.4 Å². The van der Waals surface area contributed by atoms with Gasteiger partial charge in [0.15, 0.2) is 0 Å². The summed E-state index contributed by atoms with van der Waals surface area (Å²) in [6.45, 7) is 1.69. The smallest absolute Gasteiger partial charge is 0.243 e. The molecule has 1 atom stereocenters. The maximum absolute atomic E-state index is 12.9. The minimum absolute atomic E-state index is 0.158. The fraction of sp³-hybridized carbons (Fsp3) is 0.176. The number of benzene rings is 2. The van der Waals surface area contributed by atoms with E-state index < -0.39 is 26.1 Å². The lowest BCUT2D eigenvalue weighted by Crippen LogP contribution is -2.29. The van der Waals surface area contributed by atoms with Gasteiger partial charge in [-0.1, -0.05) is 24.3 Å². The monoisotopic (exact) mass is 394 g/mol. The Labute approximate surface area is 152 Å². The molecule has 0 aliphatic rings. The number of fused-ring (bicyclic) bond motifs is 1. The van der Waals surface area contributed by atoms with Crippen molar-refractivity contribution in [2.24, 2.45) is 5.14 Å². The normalized spacial score (nSPS) is 14.0. The maximum atomic E-state index is 12.9. The van der Waals surface area contributed by atoms with Crippen molar-refractivity contribution in [2.75, 3.05) is 7.05 Å². The van der Waals surface area contributed by atoms with Crippen molar-refractivity contribution in [2.45, 2.75) is 22.8 Å². The molecule has 0 bridgehead atoms. The quantitative estimate of drug-likeness (QED) is 0.715. The molecule has 0 spiro atoms. The number of primary sulfonamides is 1. The summed E-state index contributed by atoms with van der Waals surface area (Å²) in [5.74, 6) is 0.486. The summed E-state index contributed by atoms with van der Waals surface area (Å²) in [5.41, 5.74) is 0.663. The highest BCUT2D eigenvalue weighted by atomic mass is 32.2. The summed E-state index contributed by atoms with van der Waals surface area (Å²) in [7, 11) is -6.54. The molecule has 2 N–H and O–H groups in total. The lowest BCUT2D eigenvalue weighted by molar-refractivity contribution is 0.348. The number of nitrogens with two attached hydrogens (primary N) is 1. The molecule has 3 rings (SSSR count). The molecule has 2 aromatic carbocycles. The molecule has 0 aliphatic heterocycles. The highest BCUT2D eigenvalue weighted by molar-refractivity contribution is 7.90. The van der Waals surface area contributed by atoms with Crippen LogP contribution in [0.2, 0.25) is 0 Å². The van der Waals surface area contributed by atoms with E-state index in [9.17, 15) is 16.8 Å². The van der Waals surface area contributed by atoms with Crippen LogP contribution in [-0.2, 0) is 20.0 Å². The van der Waals surface area contributed by atoms with E-state index in [0.29, 0.717) is 11.3 Å². The van der Waals surface area contributed by atoms with E-state index in [-0.39, 0.29) is 9.79 Å². The number of nitrogens with zero attached hydrogens (tertiary/aromatic N) is 1. The Bertz CT molecular complexity index is 1130. The number of hydrogen-bond acceptors (Lipinski definition) is 5. The van der Waals surface area contributed by atoms with E-state index in [1.165, 1.54) is 25.2 Å². The summed E-state index contributed by atoms with van der Waals surface area (Å²) in [4.78, 5) is -0.419. The molecule has 0 saturated heterocycles. The van der Waals surface area contributed by atoms with E-state index >= 15 is 0 Å². The van der Waals surface area contributed by atoms with Crippen molar-refractivity contribution in [3.05, 3.63) is 60.4 Å². The lowest BCUT2D eigenvalue weighted by Gasteiger charge is -2.23. The van der Waals surface area contributed by atoms with Gasteiger partial charge >= 0.3 is 0 Å². The standard InChI is InChI=1S/C17H18N2O5S2/c1-12(17-10-13-6-3-4-9-16(13)24-17)19(2)26(22,23)15-8-5-7-14(11-15)25(18,20)21/h3-12H,1-2H3,(H2,18,20,21). The second kappa shape index (κ2) is 6.51. The number of para-hydroxylation sites is 1. The molecule has 0 amide bonds. The molecule has 26 heavy (non-hydrogen) atoms. The first kappa shape index (κ1) is 18.6. The third-order valence-corrected chi connectivity index (χ3v) is 7.05. The van der Waals surface area contributed by atoms with E-state index in [2.05, 4.69) is 0 Å². The molecule has 0 aliphatic carbocycles. The van der Waals surface area contributed by atoms with Crippen LogP contribution in [0.3, 0.4) is 0 Å². The van der Waals surface area contributed by atoms with Gasteiger partial charge in [-0.05, 0) is 37.3 Å². The Balaban J connectivity index is 1.98. The Morgan fingerprint density at radius 1 is 0.962 bits per heavy atom. The average molecular weight is 394 g/mol. The number of furan rings is 1. The van der Waals surface area contributed by atoms with Crippen LogP contribution in [0.1, 0.15) is 18.7 Å². The molecule has 9 heteroatoms. The summed E-state index contributed by atoms with van der Waals surface area (Å²) in [6, 6.07) is 13.5. The van der Waals surface area contributed by atoms with Crippen LogP contribution in [0.4, 0.5) is 0 Å². The lowest BCUT2D eigenvalue weighted by atomic mass is 10.2. The topological polar surface area (TPSA) is 111 Å². The SMILES string of the molecule is CC(c1cc2ccccc2o1)N(C)S(=O)(=O)c1cccc(S(N)(=O)=O)c1. The third kappa shape index (κ3) is 3.38. The summed E-state index contributed by atoms with van der Waals surface area (Å²) in [6.07, 6.45) is 0. The van der Waals surface area contributed by atoms with Crippen LogP contribution in [0.25, 0.3) is 11.0 Å². The van der Waals surface area contributed by atoms with Gasteiger partial charge in [0.2, 0.25) is 20.0 Å². The zero-order valence-electron chi connectivity index (χ0n) is 14.2. The molecule has 3 aromatic rings. The zero-order chi connectivity index (χ0) is 19.1. The zero-order valence-corrected chi connectivity index (χ0v) is 15.8. The first-order chi connectivity index (χ1) is 12.1. The van der Waals surface area contributed by atoms with Crippen molar-refractivity contribution < 1.29 is 21.3 Å². The van der Waals surface area contributed by atoms with Crippen molar-refractivity contribution in [3.63, 3.8) is 0 Å². The number of hydrogen-bond donors (Lipinski definition) is 1. The summed E-state index contributed by atoms with van der Waals surface area (Å²) >= 11 is 0. The molecule has 0 fully saturated rings. The Hall–Kier alpha value is -2.20. The van der Waals surface area contributed by atoms with Crippen LogP contribution in [0, 0.1) is 0 Å². The number of rotatable bonds is 5. The van der Waals surface area contributed by atoms with Crippen LogP contribution in [0.15, 0.2) is 68.8 Å². The minimum Gasteiger partial charge on any atom is -0.459 e. The van der Waals surface area contributed by atoms with Crippen molar-refractivity contribution >= 4 is 31.0 Å². The fourth-order valence-electron chi connectivity index (χ4n) is 2.57. The van der Waals surface area contributed by atoms with Crippen LogP contribution >= 0.6 is 0 Å². The molecule has 1 aromatic heterocycles. The van der Waals surface area contributed by atoms with Crippen molar-refractivity contribution in [1.82, 2.24) is 4.31 Å². The van der Waals surface area contributed by atoms with Gasteiger partial charge in [-0.25, -0.2) is 22.0 Å². The molecule has 7 nitrogen and oxygen atoms in total. The third-order valence-electron chi connectivity index (χ3n) is 4.21. The van der Waals surface area contributed by atoms with Crippen LogP contribution in [-0.4, -0.2) is 28.2 Å². The van der Waals surface area contributed by atoms with E-state index in [1.807, 2.05) is 18.2 Å². The fourth-order valence-corrected chi connectivity index (χ4v) is 4.59. The van der Waals surface area contributed by atoms with Crippen LogP contribution < -0.4 is 5.14 Å². The van der Waals surface area contributed by atoms with Crippen molar-refractivity contribution in [1.29, 1.82) is 0 Å². The van der Waals surface area contributed by atoms with E-state index in [1.54, 1.807) is 19.1 Å². The van der Waals surface area contributed by atoms with Gasteiger partial charge in [-0.3, -0.25) is 0 Å². The van der Waals surface area contributed by atoms with Crippen LogP contribution in [0.5, 0.6) is 0 Å². The molecular formula is C17H18N2O5S2. The molecule has 138 valence electrons. The molecular weight excluding hydrogens is 376 g/mol. The second-order valence-electron chi connectivity index (χ2n) is 5.90. The first-order valence-corrected chi connectivity index (χ1v) is 10.7. The molecule has 1 unspecified atom stereocenters. The Morgan fingerprint density at radius 3 is 2.27 bits per heavy atom. The van der Waals surface area contributed by atoms with Gasteiger partial charge in [0.25, 0.3) is 0 Å². The summed E-state index contributed by atoms with van der Waals surface area (Å²) < 4.78 is 55.6. The highest BCUT2D eigenvalue weighted by Gasteiger charge is 2.29. The second-order valence-corrected chi connectivity index (χ2v) is 9.46. The van der Waals surface area contributed by atoms with Gasteiger partial charge in [0.1, 0.15) is 11.3 Å². The van der Waals surface area contributed by atoms with Gasteiger partial charge in [-0.2, -0.15) is 4.31 Å². The predicted octanol–water partition coefficient (Wildman–Crippen LogP) is 2.46. The predicted molar refractivity (Wildman–Crippen MR) is 97.4 cm³/mol. The molecule has 1 heterocycles. The van der Waals surface area contributed by atoms with Gasteiger partial charge in [-0.15, -0.1) is 0 Å². The van der Waals surface area contributed by atoms with Crippen molar-refractivity contribution in [3.8, 4) is 0 Å². The van der Waals surface area contributed by atoms with Gasteiger partial charge in [0.05, 0.1) is 15.8 Å². The highest BCUT2D eigenvalue weighted by Crippen LogP contribution is 2.30. The van der Waals surface area contributed by atoms with E-state index in [0.717, 1.165) is 15.8 Å². The Morgan fingerprint density at radius 2 is 1.62 bits per heavy atom. The Kier molecular flexibility index (Phi) is 4.65. The van der Waals surface area contributed by atoms with Gasteiger partial charge < -0.3 is 4.42 Å². The maximum Gasteiger partial charge on any atom is 0.243 e. The largest absolute Gasteiger partial charge is 0.459 e. The number of sulfonamides is 2.